The van der Waals surface area contributed by atoms with Gasteiger partial charge in [0, 0.05) is 13.1 Å². The third kappa shape index (κ3) is 2.86. The van der Waals surface area contributed by atoms with Crippen LogP contribution in [0.25, 0.3) is 5.69 Å². The molecule has 1 saturated heterocycles. The van der Waals surface area contributed by atoms with Gasteiger partial charge in [-0.15, -0.1) is 5.10 Å². The van der Waals surface area contributed by atoms with Gasteiger partial charge in [0.05, 0.1) is 11.4 Å². The number of likely N-dealkylation sites (tertiary alicyclic amines) is 1. The van der Waals surface area contributed by atoms with E-state index in [-0.39, 0.29) is 11.3 Å². The third-order valence-electron chi connectivity index (χ3n) is 4.71. The summed E-state index contributed by atoms with van der Waals surface area (Å²) in [5, 5.41) is 8.28. The predicted octanol–water partition coefficient (Wildman–Crippen LogP) is 1.70. The normalized spacial score (nSPS) is 21.0. The lowest BCUT2D eigenvalue weighted by Crippen LogP contribution is -2.35. The Balaban J connectivity index is 1.85. The number of hydrogen-bond donors (Lipinski definition) is 1. The van der Waals surface area contributed by atoms with Crippen LogP contribution in [0.2, 0.25) is 0 Å². The van der Waals surface area contributed by atoms with E-state index in [4.69, 9.17) is 5.73 Å². The summed E-state index contributed by atoms with van der Waals surface area (Å²) in [6.07, 6.45) is 0.931. The van der Waals surface area contributed by atoms with Crippen molar-refractivity contribution in [2.45, 2.75) is 27.2 Å². The first kappa shape index (κ1) is 15.7. The molecule has 6 heteroatoms. The van der Waals surface area contributed by atoms with Crippen LogP contribution in [0.15, 0.2) is 24.3 Å². The number of rotatable bonds is 3. The van der Waals surface area contributed by atoms with Gasteiger partial charge in [-0.3, -0.25) is 4.79 Å². The van der Waals surface area contributed by atoms with Crippen molar-refractivity contribution in [3.05, 3.63) is 41.2 Å². The van der Waals surface area contributed by atoms with Crippen LogP contribution >= 0.6 is 0 Å². The quantitative estimate of drug-likeness (QED) is 0.935. The highest BCUT2D eigenvalue weighted by Crippen LogP contribution is 2.29. The van der Waals surface area contributed by atoms with Gasteiger partial charge in [0.2, 0.25) is 0 Å². The standard InChI is InChI=1S/C17H23N5O/c1-12-4-6-14(7-5-12)22-13(2)15(19-20-22)16(23)21-9-8-17(3,10-18)11-21/h4-7H,8-11,18H2,1-3H3. The van der Waals surface area contributed by atoms with Gasteiger partial charge in [0.25, 0.3) is 5.91 Å². The van der Waals surface area contributed by atoms with Gasteiger partial charge in [-0.2, -0.15) is 0 Å². The lowest BCUT2D eigenvalue weighted by molar-refractivity contribution is 0.0770. The van der Waals surface area contributed by atoms with Crippen LogP contribution in [0.4, 0.5) is 0 Å². The molecule has 1 amide bonds. The Kier molecular flexibility index (Phi) is 3.93. The summed E-state index contributed by atoms with van der Waals surface area (Å²) in [4.78, 5) is 14.6. The number of nitrogens with two attached hydrogens (primary N) is 1. The highest BCUT2D eigenvalue weighted by atomic mass is 16.2. The maximum Gasteiger partial charge on any atom is 0.276 e. The Bertz CT molecular complexity index is 721. The molecule has 0 aliphatic carbocycles. The van der Waals surface area contributed by atoms with Crippen molar-refractivity contribution in [2.75, 3.05) is 19.6 Å². The molecule has 1 fully saturated rings. The van der Waals surface area contributed by atoms with Crippen molar-refractivity contribution in [2.24, 2.45) is 11.1 Å². The van der Waals surface area contributed by atoms with Crippen LogP contribution in [0.3, 0.4) is 0 Å². The minimum Gasteiger partial charge on any atom is -0.337 e. The Morgan fingerprint density at radius 1 is 1.30 bits per heavy atom. The summed E-state index contributed by atoms with van der Waals surface area (Å²) in [5.74, 6) is -0.0574. The van der Waals surface area contributed by atoms with Crippen molar-refractivity contribution >= 4 is 5.91 Å². The van der Waals surface area contributed by atoms with Crippen LogP contribution in [-0.4, -0.2) is 45.4 Å². The molecular weight excluding hydrogens is 290 g/mol. The molecule has 0 saturated carbocycles. The zero-order valence-corrected chi connectivity index (χ0v) is 13.9. The third-order valence-corrected chi connectivity index (χ3v) is 4.71. The summed E-state index contributed by atoms with van der Waals surface area (Å²) in [5.41, 5.74) is 9.11. The topological polar surface area (TPSA) is 77.0 Å². The van der Waals surface area contributed by atoms with Crippen LogP contribution in [0.5, 0.6) is 0 Å². The van der Waals surface area contributed by atoms with Gasteiger partial charge in [-0.1, -0.05) is 29.8 Å². The number of amides is 1. The van der Waals surface area contributed by atoms with E-state index < -0.39 is 0 Å². The fraction of sp³-hybridized carbons (Fsp3) is 0.471. The molecule has 1 aliphatic heterocycles. The second kappa shape index (κ2) is 5.77. The Morgan fingerprint density at radius 3 is 2.61 bits per heavy atom. The van der Waals surface area contributed by atoms with Crippen molar-refractivity contribution in [3.63, 3.8) is 0 Å². The largest absolute Gasteiger partial charge is 0.337 e. The number of hydrogen-bond acceptors (Lipinski definition) is 4. The minimum atomic E-state index is -0.0574. The van der Waals surface area contributed by atoms with E-state index in [0.29, 0.717) is 18.8 Å². The molecule has 2 aromatic rings. The molecule has 6 nitrogen and oxygen atoms in total. The number of benzene rings is 1. The SMILES string of the molecule is Cc1ccc(-n2nnc(C(=O)N3CCC(C)(CN)C3)c2C)cc1. The molecule has 122 valence electrons. The Hall–Kier alpha value is -2.21. The summed E-state index contributed by atoms with van der Waals surface area (Å²) < 4.78 is 1.71. The van der Waals surface area contributed by atoms with Crippen LogP contribution in [-0.2, 0) is 0 Å². The monoisotopic (exact) mass is 313 g/mol. The van der Waals surface area contributed by atoms with Crippen molar-refractivity contribution in [1.82, 2.24) is 19.9 Å². The Labute approximate surface area is 136 Å². The second-order valence-corrected chi connectivity index (χ2v) is 6.76. The Morgan fingerprint density at radius 2 is 2.00 bits per heavy atom. The van der Waals surface area contributed by atoms with E-state index in [1.165, 1.54) is 5.56 Å². The summed E-state index contributed by atoms with van der Waals surface area (Å²) in [6, 6.07) is 8.00. The molecule has 0 radical (unpaired) electrons. The molecule has 0 spiro atoms. The highest BCUT2D eigenvalue weighted by molar-refractivity contribution is 5.93. The number of aryl methyl sites for hydroxylation is 1. The van der Waals surface area contributed by atoms with E-state index in [9.17, 15) is 4.79 Å². The molecule has 1 aromatic heterocycles. The maximum atomic E-state index is 12.7. The lowest BCUT2D eigenvalue weighted by atomic mass is 9.90. The molecule has 2 heterocycles. The smallest absolute Gasteiger partial charge is 0.276 e. The molecule has 3 rings (SSSR count). The molecule has 1 atom stereocenters. The van der Waals surface area contributed by atoms with Gasteiger partial charge < -0.3 is 10.6 Å². The van der Waals surface area contributed by atoms with Gasteiger partial charge in [0.15, 0.2) is 5.69 Å². The average Bonchev–Trinajstić information content (AvgIpc) is 3.12. The average molecular weight is 313 g/mol. The zero-order chi connectivity index (χ0) is 16.6. The first-order valence-electron chi connectivity index (χ1n) is 7.92. The number of carbonyl (C=O) groups excluding carboxylic acids is 1. The minimum absolute atomic E-state index is 0.0104. The van der Waals surface area contributed by atoms with Crippen molar-refractivity contribution in [3.8, 4) is 5.69 Å². The number of aromatic nitrogens is 3. The summed E-state index contributed by atoms with van der Waals surface area (Å²) >= 11 is 0. The summed E-state index contributed by atoms with van der Waals surface area (Å²) in [7, 11) is 0. The molecule has 1 unspecified atom stereocenters. The fourth-order valence-electron chi connectivity index (χ4n) is 2.97. The van der Waals surface area contributed by atoms with Gasteiger partial charge in [-0.05, 0) is 44.4 Å². The highest BCUT2D eigenvalue weighted by Gasteiger charge is 2.36. The van der Waals surface area contributed by atoms with Crippen LogP contribution in [0, 0.1) is 19.3 Å². The molecule has 1 aliphatic rings. The molecule has 1 aromatic carbocycles. The van der Waals surface area contributed by atoms with Gasteiger partial charge >= 0.3 is 0 Å². The van der Waals surface area contributed by atoms with Crippen molar-refractivity contribution in [1.29, 1.82) is 0 Å². The molecular formula is C17H23N5O. The predicted molar refractivity (Wildman–Crippen MR) is 88.5 cm³/mol. The van der Waals surface area contributed by atoms with Gasteiger partial charge in [0.1, 0.15) is 0 Å². The number of nitrogens with zero attached hydrogens (tertiary/aromatic N) is 4. The molecule has 23 heavy (non-hydrogen) atoms. The van der Waals surface area contributed by atoms with E-state index in [1.807, 2.05) is 43.0 Å². The fourth-order valence-corrected chi connectivity index (χ4v) is 2.97. The molecule has 0 bridgehead atoms. The van der Waals surface area contributed by atoms with E-state index >= 15 is 0 Å². The number of carbonyl (C=O) groups is 1. The van der Waals surface area contributed by atoms with E-state index in [1.54, 1.807) is 4.68 Å². The van der Waals surface area contributed by atoms with Crippen LogP contribution < -0.4 is 5.73 Å². The lowest BCUT2D eigenvalue weighted by Gasteiger charge is -2.22. The summed E-state index contributed by atoms with van der Waals surface area (Å²) in [6.45, 7) is 8.03. The first-order valence-corrected chi connectivity index (χ1v) is 7.92. The van der Waals surface area contributed by atoms with Crippen molar-refractivity contribution < 1.29 is 4.79 Å². The van der Waals surface area contributed by atoms with Gasteiger partial charge in [-0.25, -0.2) is 4.68 Å². The molecule has 2 N–H and O–H groups in total. The van der Waals surface area contributed by atoms with Crippen LogP contribution in [0.1, 0.15) is 35.1 Å². The zero-order valence-electron chi connectivity index (χ0n) is 13.9. The first-order chi connectivity index (χ1) is 10.9. The van der Waals surface area contributed by atoms with E-state index in [2.05, 4.69) is 17.2 Å². The maximum absolute atomic E-state index is 12.7. The van der Waals surface area contributed by atoms with E-state index in [0.717, 1.165) is 24.3 Å². The second-order valence-electron chi connectivity index (χ2n) is 6.76.